The Morgan fingerprint density at radius 1 is 0.611 bits per heavy atom. The highest BCUT2D eigenvalue weighted by Gasteiger charge is 2.12. The predicted octanol–water partition coefficient (Wildman–Crippen LogP) is 9.96. The summed E-state index contributed by atoms with van der Waals surface area (Å²) in [5.74, 6) is 1.58. The second-order valence-electron chi connectivity index (χ2n) is 11.5. The molecule has 0 bridgehead atoms. The van der Waals surface area contributed by atoms with Crippen molar-refractivity contribution in [3.63, 3.8) is 0 Å². The molecule has 36 heavy (non-hydrogen) atoms. The molecule has 3 nitrogen and oxygen atoms in total. The van der Waals surface area contributed by atoms with Gasteiger partial charge in [-0.15, -0.1) is 0 Å². The van der Waals surface area contributed by atoms with E-state index in [4.69, 9.17) is 9.47 Å². The van der Waals surface area contributed by atoms with Crippen molar-refractivity contribution in [1.82, 2.24) is 4.90 Å². The Morgan fingerprint density at radius 3 is 1.89 bits per heavy atom. The first kappa shape index (κ1) is 35.4. The lowest BCUT2D eigenvalue weighted by atomic mass is 9.98. The standard InChI is InChI=1S/C33H65NO2/c1-7-8-9-10-11-12-13-14-15-16-17-18-19-20-21-22-28-35-29-27-33(34(5)6)36-30-26-32(4)25-23-24-31(2)3/h11-12,14-15,31-33H,7-10,13,16-30H2,1-6H3. The van der Waals surface area contributed by atoms with Crippen molar-refractivity contribution in [1.29, 1.82) is 0 Å². The summed E-state index contributed by atoms with van der Waals surface area (Å²) in [6.45, 7) is 11.8. The van der Waals surface area contributed by atoms with E-state index in [2.05, 4.69) is 71.0 Å². The molecule has 0 aromatic carbocycles. The van der Waals surface area contributed by atoms with Gasteiger partial charge in [-0.05, 0) is 70.9 Å². The molecular weight excluding hydrogens is 442 g/mol. The number of rotatable bonds is 27. The quantitative estimate of drug-likeness (QED) is 0.0627. The van der Waals surface area contributed by atoms with Gasteiger partial charge < -0.3 is 9.47 Å². The fraction of sp³-hybridized carbons (Fsp3) is 0.879. The minimum atomic E-state index is 0.170. The van der Waals surface area contributed by atoms with Gasteiger partial charge in [0.2, 0.25) is 0 Å². The smallest absolute Gasteiger partial charge is 0.112 e. The summed E-state index contributed by atoms with van der Waals surface area (Å²) < 4.78 is 12.1. The van der Waals surface area contributed by atoms with E-state index < -0.39 is 0 Å². The molecule has 2 atom stereocenters. The molecule has 0 aromatic heterocycles. The number of hydrogen-bond acceptors (Lipinski definition) is 3. The predicted molar refractivity (Wildman–Crippen MR) is 161 cm³/mol. The van der Waals surface area contributed by atoms with Gasteiger partial charge in [-0.1, -0.05) is 110 Å². The molecular formula is C33H65NO2. The monoisotopic (exact) mass is 508 g/mol. The number of hydrogen-bond donors (Lipinski definition) is 0. The molecule has 0 spiro atoms. The zero-order valence-electron chi connectivity index (χ0n) is 25.4. The van der Waals surface area contributed by atoms with Crippen molar-refractivity contribution in [3.05, 3.63) is 24.3 Å². The first-order valence-electron chi connectivity index (χ1n) is 15.6. The van der Waals surface area contributed by atoms with E-state index in [1.165, 1.54) is 89.9 Å². The average Bonchev–Trinajstić information content (AvgIpc) is 2.83. The highest BCUT2D eigenvalue weighted by atomic mass is 16.5. The number of nitrogens with zero attached hydrogens (tertiary/aromatic N) is 1. The lowest BCUT2D eigenvalue weighted by Crippen LogP contribution is -2.32. The van der Waals surface area contributed by atoms with Crippen molar-refractivity contribution >= 4 is 0 Å². The van der Waals surface area contributed by atoms with Crippen molar-refractivity contribution in [2.24, 2.45) is 11.8 Å². The normalized spacial score (nSPS) is 14.1. The maximum atomic E-state index is 6.18. The molecule has 0 amide bonds. The number of ether oxygens (including phenoxy) is 2. The summed E-state index contributed by atoms with van der Waals surface area (Å²) in [6.07, 6.45) is 31.1. The summed E-state index contributed by atoms with van der Waals surface area (Å²) in [4.78, 5) is 2.19. The van der Waals surface area contributed by atoms with Crippen LogP contribution in [0.5, 0.6) is 0 Å². The SMILES string of the molecule is CCCCCC=CCC=CCCCCCCCCOCCC(OCCC(C)CCCC(C)C)N(C)C. The fourth-order valence-corrected chi connectivity index (χ4v) is 4.39. The van der Waals surface area contributed by atoms with Crippen LogP contribution in [0.2, 0.25) is 0 Å². The molecule has 2 unspecified atom stereocenters. The molecule has 0 rings (SSSR count). The first-order valence-corrected chi connectivity index (χ1v) is 15.6. The summed E-state index contributed by atoms with van der Waals surface area (Å²) in [6, 6.07) is 0. The van der Waals surface area contributed by atoms with Gasteiger partial charge in [-0.25, -0.2) is 0 Å². The Labute approximate surface area is 227 Å². The molecule has 0 aliphatic heterocycles. The van der Waals surface area contributed by atoms with Gasteiger partial charge in [-0.3, -0.25) is 4.90 Å². The van der Waals surface area contributed by atoms with Gasteiger partial charge >= 0.3 is 0 Å². The van der Waals surface area contributed by atoms with Crippen LogP contribution in [0.4, 0.5) is 0 Å². The highest BCUT2D eigenvalue weighted by molar-refractivity contribution is 4.92. The first-order chi connectivity index (χ1) is 17.5. The Hall–Kier alpha value is -0.640. The van der Waals surface area contributed by atoms with Crippen molar-refractivity contribution in [3.8, 4) is 0 Å². The van der Waals surface area contributed by atoms with E-state index in [0.29, 0.717) is 0 Å². The van der Waals surface area contributed by atoms with Crippen LogP contribution in [0.25, 0.3) is 0 Å². The number of unbranched alkanes of at least 4 members (excludes halogenated alkanes) is 9. The molecule has 0 aliphatic carbocycles. The molecule has 0 aliphatic rings. The molecule has 3 heteroatoms. The van der Waals surface area contributed by atoms with Gasteiger partial charge in [0, 0.05) is 19.6 Å². The zero-order valence-corrected chi connectivity index (χ0v) is 25.4. The van der Waals surface area contributed by atoms with E-state index in [1.54, 1.807) is 0 Å². The van der Waals surface area contributed by atoms with Gasteiger partial charge in [0.05, 0.1) is 6.61 Å². The maximum Gasteiger partial charge on any atom is 0.112 e. The Kier molecular flexibility index (Phi) is 26.9. The van der Waals surface area contributed by atoms with Gasteiger partial charge in [0.1, 0.15) is 6.23 Å². The lowest BCUT2D eigenvalue weighted by molar-refractivity contribution is -0.0584. The topological polar surface area (TPSA) is 21.7 Å². The summed E-state index contributed by atoms with van der Waals surface area (Å²) in [5.41, 5.74) is 0. The number of allylic oxidation sites excluding steroid dienone is 4. The van der Waals surface area contributed by atoms with E-state index in [1.807, 2.05) is 0 Å². The van der Waals surface area contributed by atoms with E-state index >= 15 is 0 Å². The van der Waals surface area contributed by atoms with Crippen LogP contribution in [0.1, 0.15) is 137 Å². The van der Waals surface area contributed by atoms with Crippen LogP contribution >= 0.6 is 0 Å². The fourth-order valence-electron chi connectivity index (χ4n) is 4.39. The molecule has 0 heterocycles. The van der Waals surface area contributed by atoms with Crippen LogP contribution in [-0.2, 0) is 9.47 Å². The van der Waals surface area contributed by atoms with Gasteiger partial charge in [-0.2, -0.15) is 0 Å². The average molecular weight is 508 g/mol. The second kappa shape index (κ2) is 27.4. The van der Waals surface area contributed by atoms with Crippen LogP contribution in [0.3, 0.4) is 0 Å². The Balaban J connectivity index is 3.53. The van der Waals surface area contributed by atoms with Gasteiger partial charge in [0.25, 0.3) is 0 Å². The third-order valence-electron chi connectivity index (χ3n) is 6.97. The van der Waals surface area contributed by atoms with E-state index in [0.717, 1.165) is 50.9 Å². The lowest BCUT2D eigenvalue weighted by Gasteiger charge is -2.25. The third kappa shape index (κ3) is 26.4. The molecule has 0 saturated heterocycles. The highest BCUT2D eigenvalue weighted by Crippen LogP contribution is 2.16. The van der Waals surface area contributed by atoms with Crippen LogP contribution < -0.4 is 0 Å². The van der Waals surface area contributed by atoms with Crippen LogP contribution in [0.15, 0.2) is 24.3 Å². The molecule has 0 N–H and O–H groups in total. The maximum absolute atomic E-state index is 6.18. The van der Waals surface area contributed by atoms with Crippen molar-refractivity contribution < 1.29 is 9.47 Å². The zero-order chi connectivity index (χ0) is 26.7. The largest absolute Gasteiger partial charge is 0.381 e. The molecule has 0 radical (unpaired) electrons. The van der Waals surface area contributed by atoms with E-state index in [-0.39, 0.29) is 6.23 Å². The van der Waals surface area contributed by atoms with Gasteiger partial charge in [0.15, 0.2) is 0 Å². The van der Waals surface area contributed by atoms with Crippen molar-refractivity contribution in [2.45, 2.75) is 143 Å². The van der Waals surface area contributed by atoms with Crippen LogP contribution in [-0.4, -0.2) is 45.0 Å². The van der Waals surface area contributed by atoms with E-state index in [9.17, 15) is 0 Å². The molecule has 0 aromatic rings. The van der Waals surface area contributed by atoms with Crippen LogP contribution in [0, 0.1) is 11.8 Å². The Morgan fingerprint density at radius 2 is 1.25 bits per heavy atom. The second-order valence-corrected chi connectivity index (χ2v) is 11.5. The third-order valence-corrected chi connectivity index (χ3v) is 6.97. The molecule has 0 saturated carbocycles. The molecule has 0 fully saturated rings. The minimum Gasteiger partial charge on any atom is -0.381 e. The molecule has 214 valence electrons. The minimum absolute atomic E-state index is 0.170. The summed E-state index contributed by atoms with van der Waals surface area (Å²) >= 11 is 0. The summed E-state index contributed by atoms with van der Waals surface area (Å²) in [5, 5.41) is 0. The summed E-state index contributed by atoms with van der Waals surface area (Å²) in [7, 11) is 4.22. The van der Waals surface area contributed by atoms with Crippen molar-refractivity contribution in [2.75, 3.05) is 33.9 Å². The Bertz CT molecular complexity index is 486.